The molecule has 1 unspecified atom stereocenters. The van der Waals surface area contributed by atoms with Crippen molar-refractivity contribution in [2.45, 2.75) is 20.3 Å². The van der Waals surface area contributed by atoms with E-state index in [1.807, 2.05) is 6.92 Å². The minimum Gasteiger partial charge on any atom is -0.409 e. The number of hydrogen-bond acceptors (Lipinski definition) is 4. The molecule has 1 aromatic rings. The van der Waals surface area contributed by atoms with Gasteiger partial charge in [0.1, 0.15) is 5.84 Å². The normalized spacial score (nSPS) is 13.4. The summed E-state index contributed by atoms with van der Waals surface area (Å²) in [4.78, 5) is 13.9. The Morgan fingerprint density at radius 2 is 2.32 bits per heavy atom. The van der Waals surface area contributed by atoms with Crippen molar-refractivity contribution in [3.8, 4) is 0 Å². The molecular weight excluding hydrogens is 246 g/mol. The summed E-state index contributed by atoms with van der Waals surface area (Å²) in [6, 6.07) is 0. The SMILES string of the molecule is CCc1nn(C)cc1C(=O)N(C)CC(C)/C(N)=N/O. The van der Waals surface area contributed by atoms with Gasteiger partial charge in [-0.05, 0) is 6.42 Å². The van der Waals surface area contributed by atoms with Crippen LogP contribution in [0, 0.1) is 5.92 Å². The van der Waals surface area contributed by atoms with Crippen molar-refractivity contribution in [2.75, 3.05) is 13.6 Å². The highest BCUT2D eigenvalue weighted by molar-refractivity contribution is 5.95. The van der Waals surface area contributed by atoms with Gasteiger partial charge in [-0.1, -0.05) is 19.0 Å². The second kappa shape index (κ2) is 6.21. The minimum absolute atomic E-state index is 0.109. The van der Waals surface area contributed by atoms with E-state index in [1.165, 1.54) is 0 Å². The summed E-state index contributed by atoms with van der Waals surface area (Å²) in [5.41, 5.74) is 6.88. The van der Waals surface area contributed by atoms with Gasteiger partial charge in [-0.2, -0.15) is 5.10 Å². The van der Waals surface area contributed by atoms with Crippen molar-refractivity contribution < 1.29 is 10.0 Å². The highest BCUT2D eigenvalue weighted by Gasteiger charge is 2.20. The van der Waals surface area contributed by atoms with Gasteiger partial charge in [0.2, 0.25) is 0 Å². The maximum Gasteiger partial charge on any atom is 0.257 e. The van der Waals surface area contributed by atoms with Crippen LogP contribution in [0.4, 0.5) is 0 Å². The van der Waals surface area contributed by atoms with Crippen LogP contribution in [0.1, 0.15) is 29.9 Å². The molecule has 0 aliphatic rings. The third-order valence-electron chi connectivity index (χ3n) is 2.99. The zero-order valence-corrected chi connectivity index (χ0v) is 11.8. The number of rotatable bonds is 5. The first kappa shape index (κ1) is 15.0. The molecular formula is C12H21N5O2. The Morgan fingerprint density at radius 3 is 2.84 bits per heavy atom. The maximum absolute atomic E-state index is 12.3. The molecule has 19 heavy (non-hydrogen) atoms. The van der Waals surface area contributed by atoms with Crippen LogP contribution in [0.15, 0.2) is 11.4 Å². The van der Waals surface area contributed by atoms with Gasteiger partial charge in [0.25, 0.3) is 5.91 Å². The van der Waals surface area contributed by atoms with Crippen LogP contribution in [0.2, 0.25) is 0 Å². The molecule has 0 aliphatic heterocycles. The molecule has 1 aromatic heterocycles. The van der Waals surface area contributed by atoms with Gasteiger partial charge in [0, 0.05) is 32.8 Å². The number of nitrogens with zero attached hydrogens (tertiary/aromatic N) is 4. The van der Waals surface area contributed by atoms with E-state index in [2.05, 4.69) is 10.3 Å². The number of hydrogen-bond donors (Lipinski definition) is 2. The number of carbonyl (C=O) groups excluding carboxylic acids is 1. The van der Waals surface area contributed by atoms with Crippen LogP contribution in [-0.4, -0.2) is 45.2 Å². The van der Waals surface area contributed by atoms with Crippen molar-refractivity contribution in [1.29, 1.82) is 0 Å². The second-order valence-corrected chi connectivity index (χ2v) is 4.63. The van der Waals surface area contributed by atoms with E-state index in [-0.39, 0.29) is 17.7 Å². The molecule has 0 saturated heterocycles. The number of carbonyl (C=O) groups is 1. The van der Waals surface area contributed by atoms with E-state index in [9.17, 15) is 4.79 Å². The number of amidine groups is 1. The number of aromatic nitrogens is 2. The molecule has 1 heterocycles. The zero-order valence-electron chi connectivity index (χ0n) is 11.8. The van der Waals surface area contributed by atoms with Crippen molar-refractivity contribution in [2.24, 2.45) is 23.9 Å². The lowest BCUT2D eigenvalue weighted by Gasteiger charge is -2.20. The van der Waals surface area contributed by atoms with Crippen LogP contribution < -0.4 is 5.73 Å². The number of aryl methyl sites for hydroxylation is 2. The van der Waals surface area contributed by atoms with E-state index < -0.39 is 0 Å². The summed E-state index contributed by atoms with van der Waals surface area (Å²) in [6.45, 7) is 4.13. The average Bonchev–Trinajstić information content (AvgIpc) is 2.77. The lowest BCUT2D eigenvalue weighted by molar-refractivity contribution is 0.0785. The van der Waals surface area contributed by atoms with Crippen LogP contribution in [0.25, 0.3) is 0 Å². The average molecular weight is 267 g/mol. The van der Waals surface area contributed by atoms with E-state index in [0.717, 1.165) is 5.69 Å². The molecule has 3 N–H and O–H groups in total. The summed E-state index contributed by atoms with van der Waals surface area (Å²) in [5.74, 6) is -0.204. The lowest BCUT2D eigenvalue weighted by atomic mass is 10.1. The predicted octanol–water partition coefficient (Wildman–Crippen LogP) is 0.437. The lowest BCUT2D eigenvalue weighted by Crippen LogP contribution is -2.36. The highest BCUT2D eigenvalue weighted by Crippen LogP contribution is 2.11. The Kier molecular flexibility index (Phi) is 4.91. The fourth-order valence-corrected chi connectivity index (χ4v) is 1.87. The molecule has 1 amide bonds. The van der Waals surface area contributed by atoms with Crippen molar-refractivity contribution in [3.63, 3.8) is 0 Å². The standard InChI is InChI=1S/C12H21N5O2/c1-5-10-9(7-17(4)14-10)12(18)16(3)6-8(2)11(13)15-19/h7-8,19H,5-6H2,1-4H3,(H2,13,15). The van der Waals surface area contributed by atoms with Crippen molar-refractivity contribution in [1.82, 2.24) is 14.7 Å². The first-order chi connectivity index (χ1) is 8.90. The summed E-state index contributed by atoms with van der Waals surface area (Å²) in [7, 11) is 3.48. The quantitative estimate of drug-likeness (QED) is 0.350. The molecule has 106 valence electrons. The fourth-order valence-electron chi connectivity index (χ4n) is 1.87. The summed E-state index contributed by atoms with van der Waals surface area (Å²) >= 11 is 0. The Balaban J connectivity index is 2.82. The molecule has 0 radical (unpaired) electrons. The molecule has 0 aromatic carbocycles. The van der Waals surface area contributed by atoms with Gasteiger partial charge >= 0.3 is 0 Å². The van der Waals surface area contributed by atoms with Crippen molar-refractivity contribution >= 4 is 11.7 Å². The summed E-state index contributed by atoms with van der Waals surface area (Å²) in [6.07, 6.45) is 2.41. The Bertz CT molecular complexity index is 480. The molecule has 0 saturated carbocycles. The Morgan fingerprint density at radius 1 is 1.68 bits per heavy atom. The largest absolute Gasteiger partial charge is 0.409 e. The smallest absolute Gasteiger partial charge is 0.257 e. The Hall–Kier alpha value is -2.05. The van der Waals surface area contributed by atoms with Crippen molar-refractivity contribution in [3.05, 3.63) is 17.5 Å². The number of nitrogens with two attached hydrogens (primary N) is 1. The van der Waals surface area contributed by atoms with Crippen LogP contribution >= 0.6 is 0 Å². The highest BCUT2D eigenvalue weighted by atomic mass is 16.4. The first-order valence-corrected chi connectivity index (χ1v) is 6.16. The maximum atomic E-state index is 12.3. The van der Waals surface area contributed by atoms with Gasteiger partial charge < -0.3 is 15.8 Å². The third-order valence-corrected chi connectivity index (χ3v) is 2.99. The van der Waals surface area contributed by atoms with Crippen LogP contribution in [0.5, 0.6) is 0 Å². The third kappa shape index (κ3) is 3.46. The van der Waals surface area contributed by atoms with E-state index in [4.69, 9.17) is 10.9 Å². The number of amides is 1. The van der Waals surface area contributed by atoms with Gasteiger partial charge in [-0.3, -0.25) is 9.48 Å². The van der Waals surface area contributed by atoms with Gasteiger partial charge in [0.15, 0.2) is 0 Å². The topological polar surface area (TPSA) is 96.7 Å². The second-order valence-electron chi connectivity index (χ2n) is 4.63. The first-order valence-electron chi connectivity index (χ1n) is 6.16. The van der Waals surface area contributed by atoms with E-state index in [1.54, 1.807) is 36.8 Å². The number of oxime groups is 1. The summed E-state index contributed by atoms with van der Waals surface area (Å²) in [5, 5.41) is 15.8. The molecule has 0 bridgehead atoms. The van der Waals surface area contributed by atoms with Crippen LogP contribution in [-0.2, 0) is 13.5 Å². The monoisotopic (exact) mass is 267 g/mol. The molecule has 1 rings (SSSR count). The molecule has 1 atom stereocenters. The zero-order chi connectivity index (χ0) is 14.6. The molecule has 7 heteroatoms. The molecule has 0 spiro atoms. The van der Waals surface area contributed by atoms with Gasteiger partial charge in [-0.25, -0.2) is 0 Å². The predicted molar refractivity (Wildman–Crippen MR) is 72.1 cm³/mol. The van der Waals surface area contributed by atoms with Gasteiger partial charge in [0.05, 0.1) is 11.3 Å². The van der Waals surface area contributed by atoms with Crippen LogP contribution in [0.3, 0.4) is 0 Å². The molecule has 0 aliphatic carbocycles. The van der Waals surface area contributed by atoms with Gasteiger partial charge in [-0.15, -0.1) is 0 Å². The fraction of sp³-hybridized carbons (Fsp3) is 0.583. The van der Waals surface area contributed by atoms with E-state index in [0.29, 0.717) is 18.5 Å². The Labute approximate surface area is 112 Å². The van der Waals surface area contributed by atoms with E-state index >= 15 is 0 Å². The minimum atomic E-state index is -0.208. The molecule has 0 fully saturated rings. The molecule has 7 nitrogen and oxygen atoms in total. The summed E-state index contributed by atoms with van der Waals surface area (Å²) < 4.78 is 1.63.